The van der Waals surface area contributed by atoms with Crippen LogP contribution in [0, 0.1) is 12.3 Å². The fourth-order valence-corrected chi connectivity index (χ4v) is 2.29. The lowest BCUT2D eigenvalue weighted by atomic mass is 10.2. The number of furan rings is 1. The molecule has 2 rings (SSSR count). The largest absolute Gasteiger partial charge is 0.467 e. The zero-order valence-electron chi connectivity index (χ0n) is 10.5. The molecule has 0 bridgehead atoms. The fourth-order valence-electron chi connectivity index (χ4n) is 1.76. The topological polar surface area (TPSA) is 33.5 Å². The molecule has 0 aliphatic heterocycles. The van der Waals surface area contributed by atoms with Crippen LogP contribution in [0.5, 0.6) is 0 Å². The summed E-state index contributed by atoms with van der Waals surface area (Å²) in [6.07, 6.45) is 6.85. The number of nitrogens with zero attached hydrogens (tertiary/aromatic N) is 1. The van der Waals surface area contributed by atoms with E-state index in [1.807, 2.05) is 0 Å². The highest BCUT2D eigenvalue weighted by molar-refractivity contribution is 6.35. The summed E-state index contributed by atoms with van der Waals surface area (Å²) >= 11 is 11.8. The van der Waals surface area contributed by atoms with Gasteiger partial charge in [0.2, 0.25) is 0 Å². The molecular weight excluding hydrogens is 297 g/mol. The van der Waals surface area contributed by atoms with Crippen LogP contribution < -0.4 is 0 Å². The van der Waals surface area contributed by atoms with E-state index in [0.717, 1.165) is 0 Å². The number of hydrogen-bond acceptors (Lipinski definition) is 2. The van der Waals surface area contributed by atoms with Crippen molar-refractivity contribution < 1.29 is 9.21 Å². The van der Waals surface area contributed by atoms with Crippen LogP contribution in [0.25, 0.3) is 0 Å². The maximum Gasteiger partial charge on any atom is 0.255 e. The Bertz CT molecular complexity index is 624. The molecule has 2 aromatic rings. The number of terminal acetylenes is 1. The highest BCUT2D eigenvalue weighted by Gasteiger charge is 2.17. The van der Waals surface area contributed by atoms with Crippen LogP contribution in [0.4, 0.5) is 0 Å². The van der Waals surface area contributed by atoms with Gasteiger partial charge in [-0.25, -0.2) is 0 Å². The molecule has 0 N–H and O–H groups in total. The second kappa shape index (κ2) is 6.51. The molecule has 3 nitrogen and oxygen atoms in total. The van der Waals surface area contributed by atoms with Crippen molar-refractivity contribution in [1.82, 2.24) is 4.90 Å². The summed E-state index contributed by atoms with van der Waals surface area (Å²) in [5.41, 5.74) is 0.393. The molecular formula is C15H11Cl2NO2. The Hall–Kier alpha value is -1.89. The van der Waals surface area contributed by atoms with E-state index in [2.05, 4.69) is 5.92 Å². The predicted molar refractivity (Wildman–Crippen MR) is 78.7 cm³/mol. The minimum Gasteiger partial charge on any atom is -0.467 e. The molecule has 0 aliphatic rings. The van der Waals surface area contributed by atoms with Crippen molar-refractivity contribution >= 4 is 29.1 Å². The van der Waals surface area contributed by atoms with E-state index >= 15 is 0 Å². The number of amides is 1. The molecule has 1 aromatic heterocycles. The number of carbonyl (C=O) groups is 1. The first-order valence-electron chi connectivity index (χ1n) is 5.81. The maximum absolute atomic E-state index is 12.4. The van der Waals surface area contributed by atoms with E-state index in [0.29, 0.717) is 27.9 Å². The third-order valence-electron chi connectivity index (χ3n) is 2.61. The fraction of sp³-hybridized carbons (Fsp3) is 0.133. The van der Waals surface area contributed by atoms with Crippen LogP contribution in [0.2, 0.25) is 10.0 Å². The van der Waals surface area contributed by atoms with Gasteiger partial charge in [0.25, 0.3) is 5.91 Å². The molecule has 0 unspecified atom stereocenters. The Morgan fingerprint density at radius 3 is 2.55 bits per heavy atom. The monoisotopic (exact) mass is 307 g/mol. The van der Waals surface area contributed by atoms with Gasteiger partial charge in [0, 0.05) is 15.6 Å². The van der Waals surface area contributed by atoms with E-state index < -0.39 is 0 Å². The standard InChI is InChI=1S/C15H11Cl2NO2/c1-2-5-18(10-14-4-3-6-20-14)15(19)11-7-12(16)9-13(17)8-11/h1,3-4,6-9H,5,10H2. The van der Waals surface area contributed by atoms with Gasteiger partial charge in [0.05, 0.1) is 19.4 Å². The third kappa shape index (κ3) is 3.57. The molecule has 0 saturated carbocycles. The summed E-state index contributed by atoms with van der Waals surface area (Å²) in [6, 6.07) is 8.21. The third-order valence-corrected chi connectivity index (χ3v) is 3.04. The Balaban J connectivity index is 2.24. The van der Waals surface area contributed by atoms with Crippen LogP contribution in [0.15, 0.2) is 41.0 Å². The number of carbonyl (C=O) groups excluding carboxylic acids is 1. The zero-order valence-corrected chi connectivity index (χ0v) is 12.0. The molecule has 1 amide bonds. The van der Waals surface area contributed by atoms with Crippen molar-refractivity contribution in [3.8, 4) is 12.3 Å². The number of hydrogen-bond donors (Lipinski definition) is 0. The molecule has 0 saturated heterocycles. The van der Waals surface area contributed by atoms with Crippen molar-refractivity contribution in [2.45, 2.75) is 6.54 Å². The maximum atomic E-state index is 12.4. The van der Waals surface area contributed by atoms with Gasteiger partial charge in [-0.05, 0) is 30.3 Å². The summed E-state index contributed by atoms with van der Waals surface area (Å²) in [5.74, 6) is 2.87. The SMILES string of the molecule is C#CCN(Cc1ccco1)C(=O)c1cc(Cl)cc(Cl)c1. The minimum atomic E-state index is -0.247. The number of halogens is 2. The van der Waals surface area contributed by atoms with Crippen LogP contribution in [-0.4, -0.2) is 17.4 Å². The van der Waals surface area contributed by atoms with Crippen LogP contribution in [0.3, 0.4) is 0 Å². The Morgan fingerprint density at radius 1 is 1.30 bits per heavy atom. The normalized spacial score (nSPS) is 10.1. The Labute approximate surface area is 127 Å². The molecule has 20 heavy (non-hydrogen) atoms. The van der Waals surface area contributed by atoms with Gasteiger partial charge < -0.3 is 9.32 Å². The van der Waals surface area contributed by atoms with Gasteiger partial charge in [-0.2, -0.15) is 0 Å². The highest BCUT2D eigenvalue weighted by Crippen LogP contribution is 2.20. The predicted octanol–water partition coefficient (Wildman–Crippen LogP) is 3.86. The lowest BCUT2D eigenvalue weighted by molar-refractivity contribution is 0.0755. The van der Waals surface area contributed by atoms with E-state index in [1.165, 1.54) is 4.90 Å². The molecule has 0 radical (unpaired) electrons. The average Bonchev–Trinajstić information content (AvgIpc) is 2.89. The van der Waals surface area contributed by atoms with Gasteiger partial charge in [-0.1, -0.05) is 29.1 Å². The van der Waals surface area contributed by atoms with E-state index in [1.54, 1.807) is 36.6 Å². The summed E-state index contributed by atoms with van der Waals surface area (Å²) in [4.78, 5) is 13.9. The second-order valence-electron chi connectivity index (χ2n) is 4.10. The first-order chi connectivity index (χ1) is 9.60. The lowest BCUT2D eigenvalue weighted by Crippen LogP contribution is -2.30. The smallest absolute Gasteiger partial charge is 0.255 e. The molecule has 1 heterocycles. The quantitative estimate of drug-likeness (QED) is 0.804. The van der Waals surface area contributed by atoms with Gasteiger partial charge in [-0.3, -0.25) is 4.79 Å². The van der Waals surface area contributed by atoms with E-state index in [4.69, 9.17) is 34.0 Å². The molecule has 5 heteroatoms. The van der Waals surface area contributed by atoms with Crippen molar-refractivity contribution in [2.24, 2.45) is 0 Å². The van der Waals surface area contributed by atoms with Crippen molar-refractivity contribution in [3.63, 3.8) is 0 Å². The lowest BCUT2D eigenvalue weighted by Gasteiger charge is -2.19. The Morgan fingerprint density at radius 2 is 2.00 bits per heavy atom. The van der Waals surface area contributed by atoms with Gasteiger partial charge in [-0.15, -0.1) is 6.42 Å². The molecule has 0 atom stereocenters. The summed E-state index contributed by atoms with van der Waals surface area (Å²) in [5, 5.41) is 0.805. The van der Waals surface area contributed by atoms with Gasteiger partial charge in [0.1, 0.15) is 5.76 Å². The zero-order chi connectivity index (χ0) is 14.5. The first kappa shape index (κ1) is 14.5. The molecule has 102 valence electrons. The van der Waals surface area contributed by atoms with Gasteiger partial charge in [0.15, 0.2) is 0 Å². The summed E-state index contributed by atoms with van der Waals surface area (Å²) in [6.45, 7) is 0.462. The second-order valence-corrected chi connectivity index (χ2v) is 4.98. The van der Waals surface area contributed by atoms with Crippen LogP contribution >= 0.6 is 23.2 Å². The average molecular weight is 308 g/mol. The first-order valence-corrected chi connectivity index (χ1v) is 6.57. The van der Waals surface area contributed by atoms with Crippen LogP contribution in [-0.2, 0) is 6.54 Å². The van der Waals surface area contributed by atoms with Gasteiger partial charge >= 0.3 is 0 Å². The molecule has 0 spiro atoms. The highest BCUT2D eigenvalue weighted by atomic mass is 35.5. The minimum absolute atomic E-state index is 0.170. The molecule has 0 aliphatic carbocycles. The number of benzene rings is 1. The van der Waals surface area contributed by atoms with E-state index in [9.17, 15) is 4.79 Å². The molecule has 1 aromatic carbocycles. The Kier molecular flexibility index (Phi) is 4.73. The molecule has 0 fully saturated rings. The number of rotatable bonds is 4. The van der Waals surface area contributed by atoms with Crippen molar-refractivity contribution in [1.29, 1.82) is 0 Å². The van der Waals surface area contributed by atoms with Crippen molar-refractivity contribution in [2.75, 3.05) is 6.54 Å². The van der Waals surface area contributed by atoms with Crippen LogP contribution in [0.1, 0.15) is 16.1 Å². The summed E-state index contributed by atoms with van der Waals surface area (Å²) < 4.78 is 5.23. The van der Waals surface area contributed by atoms with Crippen molar-refractivity contribution in [3.05, 3.63) is 58.0 Å². The van der Waals surface area contributed by atoms with E-state index in [-0.39, 0.29) is 12.5 Å². The summed E-state index contributed by atoms with van der Waals surface area (Å²) in [7, 11) is 0.